The molecule has 0 aromatic carbocycles. The molecule has 7 nitrogen and oxygen atoms in total. The van der Waals surface area contributed by atoms with E-state index in [0.717, 1.165) is 17.4 Å². The fourth-order valence-electron chi connectivity index (χ4n) is 1.25. The van der Waals surface area contributed by atoms with Crippen LogP contribution in [0, 0.1) is 0 Å². The molecule has 0 bridgehead atoms. The maximum Gasteiger partial charge on any atom is 0.345 e. The molecule has 0 saturated heterocycles. The van der Waals surface area contributed by atoms with E-state index >= 15 is 0 Å². The maximum atomic E-state index is 12.1. The third-order valence-corrected chi connectivity index (χ3v) is 5.91. The highest BCUT2D eigenvalue weighted by Crippen LogP contribution is 2.31. The fourth-order valence-corrected chi connectivity index (χ4v) is 4.85. The van der Waals surface area contributed by atoms with Gasteiger partial charge < -0.3 is 9.84 Å². The smallest absolute Gasteiger partial charge is 0.345 e. The summed E-state index contributed by atoms with van der Waals surface area (Å²) in [6.45, 7) is 3.08. The van der Waals surface area contributed by atoms with E-state index < -0.39 is 28.0 Å². The lowest BCUT2D eigenvalue weighted by Crippen LogP contribution is -2.39. The summed E-state index contributed by atoms with van der Waals surface area (Å²) in [6, 6.07) is -0.0443. The Morgan fingerprint density at radius 3 is 2.60 bits per heavy atom. The van der Waals surface area contributed by atoms with Crippen molar-refractivity contribution in [3.8, 4) is 0 Å². The monoisotopic (exact) mass is 385 g/mol. The van der Waals surface area contributed by atoms with Crippen LogP contribution in [-0.2, 0) is 19.6 Å². The molecular weight excluding hydrogens is 374 g/mol. The van der Waals surface area contributed by atoms with E-state index in [1.54, 1.807) is 6.92 Å². The van der Waals surface area contributed by atoms with Gasteiger partial charge in [-0.25, -0.2) is 13.2 Å². The standard InChI is InChI=1S/C10H12BrNO6S2/c1-3-18-10(15)5(2)12-20(16,17)7-4-6(9(13)14)19-8(7)11/h4-5,12H,3H2,1-2H3,(H,13,14). The molecule has 0 spiro atoms. The van der Waals surface area contributed by atoms with Gasteiger partial charge in [-0.05, 0) is 35.8 Å². The number of aromatic carboxylic acids is 1. The molecule has 0 aliphatic heterocycles. The zero-order valence-corrected chi connectivity index (χ0v) is 13.8. The van der Waals surface area contributed by atoms with E-state index in [2.05, 4.69) is 25.4 Å². The van der Waals surface area contributed by atoms with Gasteiger partial charge in [0, 0.05) is 0 Å². The van der Waals surface area contributed by atoms with Crippen LogP contribution in [-0.4, -0.2) is 38.1 Å². The number of hydrogen-bond donors (Lipinski definition) is 2. The van der Waals surface area contributed by atoms with Gasteiger partial charge in [0.05, 0.1) is 10.4 Å². The van der Waals surface area contributed by atoms with Crippen molar-refractivity contribution in [3.63, 3.8) is 0 Å². The van der Waals surface area contributed by atoms with Crippen LogP contribution in [0.25, 0.3) is 0 Å². The van der Waals surface area contributed by atoms with Gasteiger partial charge in [-0.15, -0.1) is 11.3 Å². The van der Waals surface area contributed by atoms with Gasteiger partial charge in [-0.2, -0.15) is 4.72 Å². The van der Waals surface area contributed by atoms with Crippen molar-refractivity contribution in [1.29, 1.82) is 0 Å². The highest BCUT2D eigenvalue weighted by atomic mass is 79.9. The van der Waals surface area contributed by atoms with E-state index in [9.17, 15) is 18.0 Å². The van der Waals surface area contributed by atoms with Gasteiger partial charge in [0.15, 0.2) is 0 Å². The molecule has 1 heterocycles. The summed E-state index contributed by atoms with van der Waals surface area (Å²) in [4.78, 5) is 21.9. The lowest BCUT2D eigenvalue weighted by molar-refractivity contribution is -0.144. The number of nitrogens with one attached hydrogen (secondary N) is 1. The number of carboxylic acids is 1. The van der Waals surface area contributed by atoms with E-state index in [1.807, 2.05) is 0 Å². The summed E-state index contributed by atoms with van der Waals surface area (Å²) < 4.78 is 31.1. The van der Waals surface area contributed by atoms with Crippen LogP contribution in [0.5, 0.6) is 0 Å². The Balaban J connectivity index is 3.00. The number of thiophene rings is 1. The normalized spacial score (nSPS) is 12.9. The minimum atomic E-state index is -4.02. The average molecular weight is 386 g/mol. The first-order chi connectivity index (χ1) is 9.19. The highest BCUT2D eigenvalue weighted by molar-refractivity contribution is 9.11. The Bertz CT molecular complexity index is 624. The number of sulfonamides is 1. The number of hydrogen-bond acceptors (Lipinski definition) is 6. The molecule has 1 aromatic rings. The Labute approximate surface area is 128 Å². The van der Waals surface area contributed by atoms with Gasteiger partial charge in [-0.1, -0.05) is 0 Å². The second kappa shape index (κ2) is 6.66. The quantitative estimate of drug-likeness (QED) is 0.716. The lowest BCUT2D eigenvalue weighted by atomic mass is 10.4. The first-order valence-electron chi connectivity index (χ1n) is 5.40. The second-order valence-corrected chi connectivity index (χ2v) is 7.70. The van der Waals surface area contributed by atoms with Crippen LogP contribution >= 0.6 is 27.3 Å². The molecule has 0 aliphatic carbocycles. The second-order valence-electron chi connectivity index (χ2n) is 3.65. The Kier molecular flexibility index (Phi) is 5.68. The van der Waals surface area contributed by atoms with E-state index in [4.69, 9.17) is 5.11 Å². The van der Waals surface area contributed by atoms with Crippen molar-refractivity contribution in [3.05, 3.63) is 14.7 Å². The maximum absolute atomic E-state index is 12.1. The lowest BCUT2D eigenvalue weighted by Gasteiger charge is -2.12. The first-order valence-corrected chi connectivity index (χ1v) is 8.50. The zero-order valence-electron chi connectivity index (χ0n) is 10.5. The minimum absolute atomic E-state index is 0.124. The summed E-state index contributed by atoms with van der Waals surface area (Å²) in [5.41, 5.74) is 0. The molecule has 10 heteroatoms. The molecule has 20 heavy (non-hydrogen) atoms. The molecule has 0 fully saturated rings. The highest BCUT2D eigenvalue weighted by Gasteiger charge is 2.27. The van der Waals surface area contributed by atoms with Crippen LogP contribution in [0.1, 0.15) is 23.5 Å². The Morgan fingerprint density at radius 2 is 2.15 bits per heavy atom. The van der Waals surface area contributed by atoms with Crippen LogP contribution < -0.4 is 4.72 Å². The summed E-state index contributed by atoms with van der Waals surface area (Å²) in [5.74, 6) is -1.93. The predicted octanol–water partition coefficient (Wildman–Crippen LogP) is 1.44. The van der Waals surface area contributed by atoms with Gasteiger partial charge in [0.25, 0.3) is 0 Å². The molecule has 1 aromatic heterocycles. The number of esters is 1. The number of halogens is 1. The molecule has 2 N–H and O–H groups in total. The molecule has 112 valence electrons. The first kappa shape index (κ1) is 17.1. The number of carbonyl (C=O) groups excluding carboxylic acids is 1. The molecule has 0 amide bonds. The van der Waals surface area contributed by atoms with Crippen LogP contribution in [0.4, 0.5) is 0 Å². The van der Waals surface area contributed by atoms with Gasteiger partial charge in [0.1, 0.15) is 15.8 Å². The Hall–Kier alpha value is -0.970. The van der Waals surface area contributed by atoms with Crippen molar-refractivity contribution in [2.24, 2.45) is 0 Å². The Morgan fingerprint density at radius 1 is 1.55 bits per heavy atom. The van der Waals surface area contributed by atoms with Gasteiger partial charge >= 0.3 is 11.9 Å². The summed E-state index contributed by atoms with van der Waals surface area (Å²) in [5, 5.41) is 8.83. The van der Waals surface area contributed by atoms with E-state index in [1.165, 1.54) is 6.92 Å². The third-order valence-electron chi connectivity index (χ3n) is 2.13. The van der Waals surface area contributed by atoms with Crippen molar-refractivity contribution >= 4 is 49.2 Å². The summed E-state index contributed by atoms with van der Waals surface area (Å²) in [7, 11) is -4.02. The number of carboxylic acid groups (broad SMARTS) is 1. The average Bonchev–Trinajstić information content (AvgIpc) is 2.72. The minimum Gasteiger partial charge on any atom is -0.477 e. The zero-order chi connectivity index (χ0) is 15.5. The van der Waals surface area contributed by atoms with E-state index in [-0.39, 0.29) is 20.2 Å². The van der Waals surface area contributed by atoms with Crippen molar-refractivity contribution < 1.29 is 27.9 Å². The van der Waals surface area contributed by atoms with Crippen molar-refractivity contribution in [2.45, 2.75) is 24.8 Å². The topological polar surface area (TPSA) is 110 Å². The number of carbonyl (C=O) groups is 2. The summed E-state index contributed by atoms with van der Waals surface area (Å²) in [6.07, 6.45) is 0. The molecule has 0 saturated carbocycles. The van der Waals surface area contributed by atoms with Gasteiger partial charge in [-0.3, -0.25) is 4.79 Å². The molecule has 0 radical (unpaired) electrons. The van der Waals surface area contributed by atoms with Gasteiger partial charge in [0.2, 0.25) is 10.0 Å². The van der Waals surface area contributed by atoms with E-state index in [0.29, 0.717) is 0 Å². The molecule has 1 atom stereocenters. The predicted molar refractivity (Wildman–Crippen MR) is 75.4 cm³/mol. The van der Waals surface area contributed by atoms with Crippen molar-refractivity contribution in [1.82, 2.24) is 4.72 Å². The molecule has 1 unspecified atom stereocenters. The third kappa shape index (κ3) is 4.01. The van der Waals surface area contributed by atoms with Crippen molar-refractivity contribution in [2.75, 3.05) is 6.61 Å². The van der Waals surface area contributed by atoms with Crippen LogP contribution in [0.15, 0.2) is 14.7 Å². The number of rotatable bonds is 6. The molecule has 0 aliphatic rings. The SMILES string of the molecule is CCOC(=O)C(C)NS(=O)(=O)c1cc(C(=O)O)sc1Br. The largest absolute Gasteiger partial charge is 0.477 e. The van der Waals surface area contributed by atoms with Crippen LogP contribution in [0.3, 0.4) is 0 Å². The number of ether oxygens (including phenoxy) is 1. The summed E-state index contributed by atoms with van der Waals surface area (Å²) >= 11 is 3.78. The fraction of sp³-hybridized carbons (Fsp3) is 0.400. The molecular formula is C10H12BrNO6S2. The van der Waals surface area contributed by atoms with Crippen LogP contribution in [0.2, 0.25) is 0 Å². The molecule has 1 rings (SSSR count).